The molecule has 1 aromatic carbocycles. The summed E-state index contributed by atoms with van der Waals surface area (Å²) in [6.45, 7) is 0. The van der Waals surface area contributed by atoms with Crippen molar-refractivity contribution in [3.63, 3.8) is 0 Å². The SMILES string of the molecule is N#CCCc1ccc(C(O)C(=O)O)c(C(F)F)c1. The minimum Gasteiger partial charge on any atom is -0.479 e. The molecule has 1 rings (SSSR count). The van der Waals surface area contributed by atoms with Crippen LogP contribution in [0, 0.1) is 11.3 Å². The Hall–Kier alpha value is -2.00. The Morgan fingerprint density at radius 3 is 2.56 bits per heavy atom. The number of carbonyl (C=O) groups is 1. The summed E-state index contributed by atoms with van der Waals surface area (Å²) in [6, 6.07) is 5.61. The van der Waals surface area contributed by atoms with Crippen molar-refractivity contribution in [3.8, 4) is 6.07 Å². The lowest BCUT2D eigenvalue weighted by Crippen LogP contribution is -2.13. The van der Waals surface area contributed by atoms with E-state index < -0.39 is 24.1 Å². The number of benzene rings is 1. The molecule has 0 saturated heterocycles. The Labute approximate surface area is 102 Å². The largest absolute Gasteiger partial charge is 0.479 e. The minimum atomic E-state index is -2.88. The maximum atomic E-state index is 12.8. The number of hydrogen-bond donors (Lipinski definition) is 2. The lowest BCUT2D eigenvalue weighted by atomic mass is 9.98. The van der Waals surface area contributed by atoms with Gasteiger partial charge in [0.15, 0.2) is 6.10 Å². The number of hydrogen-bond acceptors (Lipinski definition) is 3. The zero-order valence-corrected chi connectivity index (χ0v) is 9.31. The Kier molecular flexibility index (Phi) is 4.75. The number of aliphatic carboxylic acids is 1. The third-order valence-corrected chi connectivity index (χ3v) is 2.44. The number of nitrogens with zero attached hydrogens (tertiary/aromatic N) is 1. The van der Waals surface area contributed by atoms with Crippen molar-refractivity contribution < 1.29 is 23.8 Å². The molecule has 4 nitrogen and oxygen atoms in total. The number of carboxylic acids is 1. The van der Waals surface area contributed by atoms with Crippen LogP contribution in [-0.2, 0) is 11.2 Å². The van der Waals surface area contributed by atoms with Gasteiger partial charge in [0.1, 0.15) is 0 Å². The predicted molar refractivity (Wildman–Crippen MR) is 57.9 cm³/mol. The highest BCUT2D eigenvalue weighted by atomic mass is 19.3. The molecule has 0 aromatic heterocycles. The molecular formula is C12H11F2NO3. The van der Waals surface area contributed by atoms with Crippen LogP contribution >= 0.6 is 0 Å². The van der Waals surface area contributed by atoms with Crippen LogP contribution in [0.1, 0.15) is 35.6 Å². The minimum absolute atomic E-state index is 0.184. The van der Waals surface area contributed by atoms with Gasteiger partial charge in [-0.3, -0.25) is 0 Å². The van der Waals surface area contributed by atoms with Gasteiger partial charge in [-0.2, -0.15) is 5.26 Å². The van der Waals surface area contributed by atoms with Gasteiger partial charge < -0.3 is 10.2 Å². The number of rotatable bonds is 5. The van der Waals surface area contributed by atoms with Crippen molar-refractivity contribution >= 4 is 5.97 Å². The van der Waals surface area contributed by atoms with Gasteiger partial charge in [0.05, 0.1) is 6.07 Å². The van der Waals surface area contributed by atoms with Gasteiger partial charge in [0, 0.05) is 17.5 Å². The molecule has 0 saturated carbocycles. The van der Waals surface area contributed by atoms with Gasteiger partial charge in [-0.1, -0.05) is 12.1 Å². The van der Waals surface area contributed by atoms with E-state index in [0.29, 0.717) is 12.0 Å². The number of nitriles is 1. The monoisotopic (exact) mass is 255 g/mol. The average molecular weight is 255 g/mol. The van der Waals surface area contributed by atoms with E-state index in [4.69, 9.17) is 10.4 Å². The molecule has 1 atom stereocenters. The summed E-state index contributed by atoms with van der Waals surface area (Å²) in [7, 11) is 0. The first-order valence-corrected chi connectivity index (χ1v) is 5.16. The van der Waals surface area contributed by atoms with Crippen molar-refractivity contribution in [2.24, 2.45) is 0 Å². The second kappa shape index (κ2) is 6.07. The summed E-state index contributed by atoms with van der Waals surface area (Å²) >= 11 is 0. The zero-order chi connectivity index (χ0) is 13.7. The fourth-order valence-corrected chi connectivity index (χ4v) is 1.55. The van der Waals surface area contributed by atoms with Gasteiger partial charge in [-0.15, -0.1) is 0 Å². The van der Waals surface area contributed by atoms with Gasteiger partial charge in [-0.05, 0) is 18.1 Å². The van der Waals surface area contributed by atoms with Crippen LogP contribution < -0.4 is 0 Å². The topological polar surface area (TPSA) is 81.3 Å². The fraction of sp³-hybridized carbons (Fsp3) is 0.333. The Bertz CT molecular complexity index is 483. The third kappa shape index (κ3) is 3.25. The van der Waals surface area contributed by atoms with Crippen LogP contribution in [0.5, 0.6) is 0 Å². The maximum absolute atomic E-state index is 12.8. The van der Waals surface area contributed by atoms with Crippen molar-refractivity contribution in [1.29, 1.82) is 5.26 Å². The normalized spacial score (nSPS) is 12.2. The number of aliphatic hydroxyl groups excluding tert-OH is 1. The molecule has 18 heavy (non-hydrogen) atoms. The van der Waals surface area contributed by atoms with Crippen LogP contribution in [0.2, 0.25) is 0 Å². The van der Waals surface area contributed by atoms with E-state index in [1.807, 2.05) is 6.07 Å². The van der Waals surface area contributed by atoms with E-state index in [0.717, 1.165) is 12.1 Å². The Morgan fingerprint density at radius 2 is 2.06 bits per heavy atom. The summed E-state index contributed by atoms with van der Waals surface area (Å²) in [5.74, 6) is -1.58. The van der Waals surface area contributed by atoms with Crippen LogP contribution in [0.25, 0.3) is 0 Å². The summed E-state index contributed by atoms with van der Waals surface area (Å²) in [5, 5.41) is 26.3. The van der Waals surface area contributed by atoms with E-state index in [9.17, 15) is 18.7 Å². The molecule has 0 bridgehead atoms. The molecule has 0 aliphatic carbocycles. The Morgan fingerprint density at radius 1 is 1.39 bits per heavy atom. The van der Waals surface area contributed by atoms with Crippen molar-refractivity contribution in [1.82, 2.24) is 0 Å². The summed E-state index contributed by atoms with van der Waals surface area (Å²) in [6.07, 6.45) is -4.36. The number of alkyl halides is 2. The van der Waals surface area contributed by atoms with Gasteiger partial charge in [0.2, 0.25) is 0 Å². The lowest BCUT2D eigenvalue weighted by Gasteiger charge is -2.13. The highest BCUT2D eigenvalue weighted by Gasteiger charge is 2.23. The lowest BCUT2D eigenvalue weighted by molar-refractivity contribution is -0.147. The quantitative estimate of drug-likeness (QED) is 0.845. The van der Waals surface area contributed by atoms with Crippen LogP contribution in [-0.4, -0.2) is 16.2 Å². The first-order chi connectivity index (χ1) is 8.47. The van der Waals surface area contributed by atoms with Crippen LogP contribution in [0.3, 0.4) is 0 Å². The molecule has 0 aliphatic heterocycles. The second-order valence-electron chi connectivity index (χ2n) is 3.66. The standard InChI is InChI=1S/C12H11F2NO3/c13-11(14)9-6-7(2-1-5-15)3-4-8(9)10(16)12(17)18/h3-4,6,10-11,16H,1-2H2,(H,17,18). The molecule has 0 aliphatic rings. The van der Waals surface area contributed by atoms with E-state index >= 15 is 0 Å². The van der Waals surface area contributed by atoms with Gasteiger partial charge >= 0.3 is 5.97 Å². The molecule has 2 N–H and O–H groups in total. The van der Waals surface area contributed by atoms with E-state index in [1.165, 1.54) is 6.07 Å². The molecule has 96 valence electrons. The van der Waals surface area contributed by atoms with Crippen molar-refractivity contribution in [3.05, 3.63) is 34.9 Å². The van der Waals surface area contributed by atoms with Crippen molar-refractivity contribution in [2.45, 2.75) is 25.4 Å². The summed E-state index contributed by atoms with van der Waals surface area (Å²) in [4.78, 5) is 10.6. The molecule has 0 spiro atoms. The molecule has 0 fully saturated rings. The van der Waals surface area contributed by atoms with Gasteiger partial charge in [0.25, 0.3) is 6.43 Å². The number of halogens is 2. The average Bonchev–Trinajstić information content (AvgIpc) is 2.34. The third-order valence-electron chi connectivity index (χ3n) is 2.44. The summed E-state index contributed by atoms with van der Waals surface area (Å²) in [5.41, 5.74) is -0.327. The molecule has 1 unspecified atom stereocenters. The van der Waals surface area contributed by atoms with E-state index in [1.54, 1.807) is 0 Å². The maximum Gasteiger partial charge on any atom is 0.337 e. The van der Waals surface area contributed by atoms with E-state index in [-0.39, 0.29) is 12.0 Å². The number of aryl methyl sites for hydroxylation is 1. The zero-order valence-electron chi connectivity index (χ0n) is 9.31. The van der Waals surface area contributed by atoms with Crippen molar-refractivity contribution in [2.75, 3.05) is 0 Å². The highest BCUT2D eigenvalue weighted by Crippen LogP contribution is 2.29. The molecule has 0 radical (unpaired) electrons. The van der Waals surface area contributed by atoms with Crippen LogP contribution in [0.4, 0.5) is 8.78 Å². The predicted octanol–water partition coefficient (Wildman–Crippen LogP) is 2.20. The molecular weight excluding hydrogens is 244 g/mol. The first-order valence-electron chi connectivity index (χ1n) is 5.16. The smallest absolute Gasteiger partial charge is 0.337 e. The second-order valence-corrected chi connectivity index (χ2v) is 3.66. The molecule has 0 amide bonds. The highest BCUT2D eigenvalue weighted by molar-refractivity contribution is 5.74. The Balaban J connectivity index is 3.13. The fourth-order valence-electron chi connectivity index (χ4n) is 1.55. The molecule has 1 aromatic rings. The summed E-state index contributed by atoms with van der Waals surface area (Å²) < 4.78 is 25.6. The van der Waals surface area contributed by atoms with E-state index in [2.05, 4.69) is 0 Å². The number of aliphatic hydroxyl groups is 1. The molecule has 6 heteroatoms. The number of carboxylic acid groups (broad SMARTS) is 1. The van der Waals surface area contributed by atoms with Crippen LogP contribution in [0.15, 0.2) is 18.2 Å². The molecule has 0 heterocycles. The van der Waals surface area contributed by atoms with Gasteiger partial charge in [-0.25, -0.2) is 13.6 Å². The first kappa shape index (κ1) is 14.1.